The summed E-state index contributed by atoms with van der Waals surface area (Å²) in [4.78, 5) is 20.3. The van der Waals surface area contributed by atoms with Gasteiger partial charge in [0.15, 0.2) is 10.9 Å². The van der Waals surface area contributed by atoms with Crippen molar-refractivity contribution in [2.45, 2.75) is 12.1 Å². The molecule has 0 saturated heterocycles. The number of aryl methyl sites for hydroxylation is 1. The maximum absolute atomic E-state index is 12.0. The number of ketones is 1. The molecule has 0 bridgehead atoms. The number of benzene rings is 1. The van der Waals surface area contributed by atoms with Crippen LogP contribution in [0.4, 0.5) is 0 Å². The lowest BCUT2D eigenvalue weighted by atomic mass is 10.1. The Morgan fingerprint density at radius 2 is 1.94 bits per heavy atom. The molecule has 0 saturated carbocycles. The minimum atomic E-state index is 0.0663. The smallest absolute Gasteiger partial charge is 0.187 e. The minimum Gasteiger partial charge on any atom is -0.293 e. The van der Waals surface area contributed by atoms with Crippen molar-refractivity contribution < 1.29 is 4.79 Å². The van der Waals surface area contributed by atoms with E-state index in [2.05, 4.69) is 25.9 Å². The Hall–Kier alpha value is -1.20. The monoisotopic (exact) mass is 322 g/mol. The van der Waals surface area contributed by atoms with Gasteiger partial charge in [-0.3, -0.25) is 4.79 Å². The zero-order valence-electron chi connectivity index (χ0n) is 9.76. The molecule has 0 amide bonds. The first-order chi connectivity index (χ1) is 8.66. The summed E-state index contributed by atoms with van der Waals surface area (Å²) in [5.41, 5.74) is 1.70. The second-order valence-electron chi connectivity index (χ2n) is 3.73. The Morgan fingerprint density at radius 1 is 1.28 bits per heavy atom. The van der Waals surface area contributed by atoms with E-state index in [4.69, 9.17) is 0 Å². The van der Waals surface area contributed by atoms with Gasteiger partial charge in [0, 0.05) is 22.4 Å². The van der Waals surface area contributed by atoms with E-state index in [1.165, 1.54) is 11.8 Å². The molecule has 92 valence electrons. The van der Waals surface area contributed by atoms with Gasteiger partial charge < -0.3 is 0 Å². The molecule has 0 atom stereocenters. The molecular weight excluding hydrogens is 312 g/mol. The second kappa shape index (κ2) is 6.11. The van der Waals surface area contributed by atoms with Crippen molar-refractivity contribution in [3.63, 3.8) is 0 Å². The maximum atomic E-state index is 12.0. The first kappa shape index (κ1) is 13.2. The van der Waals surface area contributed by atoms with E-state index < -0.39 is 0 Å². The molecule has 2 rings (SSSR count). The first-order valence-corrected chi connectivity index (χ1v) is 7.14. The summed E-state index contributed by atoms with van der Waals surface area (Å²) in [6.07, 6.45) is 3.50. The summed E-state index contributed by atoms with van der Waals surface area (Å²) in [5, 5.41) is 0.626. The quantitative estimate of drug-likeness (QED) is 0.490. The second-order valence-corrected chi connectivity index (χ2v) is 5.53. The van der Waals surface area contributed by atoms with Crippen molar-refractivity contribution >= 4 is 33.5 Å². The van der Waals surface area contributed by atoms with Crippen LogP contribution in [0.25, 0.3) is 0 Å². The normalized spacial score (nSPS) is 10.3. The number of rotatable bonds is 4. The van der Waals surface area contributed by atoms with Crippen LogP contribution >= 0.6 is 27.7 Å². The molecule has 0 unspecified atom stereocenters. The largest absolute Gasteiger partial charge is 0.293 e. The van der Waals surface area contributed by atoms with E-state index in [0.717, 1.165) is 10.0 Å². The van der Waals surface area contributed by atoms with Gasteiger partial charge in [-0.15, -0.1) is 0 Å². The van der Waals surface area contributed by atoms with Gasteiger partial charge in [-0.25, -0.2) is 9.97 Å². The van der Waals surface area contributed by atoms with Crippen LogP contribution in [0, 0.1) is 6.92 Å². The van der Waals surface area contributed by atoms with Crippen molar-refractivity contribution in [1.82, 2.24) is 9.97 Å². The fraction of sp³-hybridized carbons (Fsp3) is 0.154. The zero-order valence-corrected chi connectivity index (χ0v) is 12.2. The Labute approximate surface area is 118 Å². The predicted octanol–water partition coefficient (Wildman–Crippen LogP) is 3.52. The Kier molecular flexibility index (Phi) is 4.49. The summed E-state index contributed by atoms with van der Waals surface area (Å²) in [6.45, 7) is 1.93. The van der Waals surface area contributed by atoms with Crippen LogP contribution in [0.3, 0.4) is 0 Å². The fourth-order valence-electron chi connectivity index (χ4n) is 1.35. The van der Waals surface area contributed by atoms with E-state index in [1.54, 1.807) is 12.4 Å². The first-order valence-electron chi connectivity index (χ1n) is 5.36. The third-order valence-corrected chi connectivity index (χ3v) is 3.83. The van der Waals surface area contributed by atoms with Gasteiger partial charge >= 0.3 is 0 Å². The third kappa shape index (κ3) is 3.40. The number of halogens is 1. The van der Waals surface area contributed by atoms with Crippen molar-refractivity contribution in [2.75, 3.05) is 5.75 Å². The van der Waals surface area contributed by atoms with E-state index in [9.17, 15) is 4.79 Å². The molecule has 0 spiro atoms. The highest BCUT2D eigenvalue weighted by atomic mass is 79.9. The molecule has 0 N–H and O–H groups in total. The number of aromatic nitrogens is 2. The SMILES string of the molecule is Cc1cnc(SCC(=O)c2ccccc2Br)nc1. The van der Waals surface area contributed by atoms with Gasteiger partial charge in [-0.1, -0.05) is 45.9 Å². The van der Waals surface area contributed by atoms with Crippen molar-refractivity contribution in [3.8, 4) is 0 Å². The van der Waals surface area contributed by atoms with Crippen LogP contribution in [-0.2, 0) is 0 Å². The van der Waals surface area contributed by atoms with Crippen LogP contribution in [0.15, 0.2) is 46.3 Å². The average molecular weight is 323 g/mol. The molecule has 1 aromatic carbocycles. The highest BCUT2D eigenvalue weighted by Gasteiger charge is 2.10. The summed E-state index contributed by atoms with van der Waals surface area (Å²) >= 11 is 4.72. The Balaban J connectivity index is 2.01. The van der Waals surface area contributed by atoms with Crippen LogP contribution in [0.2, 0.25) is 0 Å². The van der Waals surface area contributed by atoms with E-state index in [0.29, 0.717) is 16.5 Å². The van der Waals surface area contributed by atoms with Crippen molar-refractivity contribution in [1.29, 1.82) is 0 Å². The maximum Gasteiger partial charge on any atom is 0.187 e. The number of nitrogens with zero attached hydrogens (tertiary/aromatic N) is 2. The molecule has 0 aliphatic rings. The lowest BCUT2D eigenvalue weighted by Crippen LogP contribution is -2.03. The van der Waals surface area contributed by atoms with Gasteiger partial charge in [0.2, 0.25) is 0 Å². The zero-order chi connectivity index (χ0) is 13.0. The fourth-order valence-corrected chi connectivity index (χ4v) is 2.53. The molecule has 0 fully saturated rings. The minimum absolute atomic E-state index is 0.0663. The number of hydrogen-bond acceptors (Lipinski definition) is 4. The molecule has 0 radical (unpaired) electrons. The topological polar surface area (TPSA) is 42.9 Å². The Bertz CT molecular complexity index is 557. The summed E-state index contributed by atoms with van der Waals surface area (Å²) in [7, 11) is 0. The van der Waals surface area contributed by atoms with E-state index >= 15 is 0 Å². The molecule has 18 heavy (non-hydrogen) atoms. The lowest BCUT2D eigenvalue weighted by Gasteiger charge is -2.02. The number of Topliss-reactive ketones (excluding diaryl/α,β-unsaturated/α-hetero) is 1. The van der Waals surface area contributed by atoms with Crippen molar-refractivity contribution in [3.05, 3.63) is 52.3 Å². The molecule has 0 aliphatic heterocycles. The van der Waals surface area contributed by atoms with E-state index in [1.807, 2.05) is 31.2 Å². The average Bonchev–Trinajstić information content (AvgIpc) is 2.38. The van der Waals surface area contributed by atoms with Crippen molar-refractivity contribution in [2.24, 2.45) is 0 Å². The van der Waals surface area contributed by atoms with Gasteiger partial charge in [-0.05, 0) is 18.6 Å². The number of carbonyl (C=O) groups is 1. The molecular formula is C13H11BrN2OS. The molecule has 3 nitrogen and oxygen atoms in total. The molecule has 1 aromatic heterocycles. The van der Waals surface area contributed by atoms with Crippen LogP contribution in [0.5, 0.6) is 0 Å². The highest BCUT2D eigenvalue weighted by Crippen LogP contribution is 2.20. The molecule has 0 aliphatic carbocycles. The lowest BCUT2D eigenvalue weighted by molar-refractivity contribution is 0.102. The number of thioether (sulfide) groups is 1. The Morgan fingerprint density at radius 3 is 2.61 bits per heavy atom. The van der Waals surface area contributed by atoms with Gasteiger partial charge in [0.25, 0.3) is 0 Å². The molecule has 1 heterocycles. The highest BCUT2D eigenvalue weighted by molar-refractivity contribution is 9.10. The van der Waals surface area contributed by atoms with Gasteiger partial charge in [-0.2, -0.15) is 0 Å². The van der Waals surface area contributed by atoms with Crippen LogP contribution < -0.4 is 0 Å². The van der Waals surface area contributed by atoms with Gasteiger partial charge in [0.1, 0.15) is 0 Å². The summed E-state index contributed by atoms with van der Waals surface area (Å²) in [6, 6.07) is 7.41. The van der Waals surface area contributed by atoms with E-state index in [-0.39, 0.29) is 5.78 Å². The number of hydrogen-bond donors (Lipinski definition) is 0. The molecule has 2 aromatic rings. The summed E-state index contributed by atoms with van der Waals surface area (Å²) < 4.78 is 0.820. The number of carbonyl (C=O) groups excluding carboxylic acids is 1. The van der Waals surface area contributed by atoms with Crippen LogP contribution in [-0.4, -0.2) is 21.5 Å². The van der Waals surface area contributed by atoms with Gasteiger partial charge in [0.05, 0.1) is 5.75 Å². The third-order valence-electron chi connectivity index (χ3n) is 2.26. The standard InChI is InChI=1S/C13H11BrN2OS/c1-9-6-15-13(16-7-9)18-8-12(17)10-4-2-3-5-11(10)14/h2-7H,8H2,1H3. The predicted molar refractivity (Wildman–Crippen MR) is 76.0 cm³/mol. The summed E-state index contributed by atoms with van der Waals surface area (Å²) in [5.74, 6) is 0.405. The molecule has 5 heteroatoms. The van der Waals surface area contributed by atoms with Crippen LogP contribution in [0.1, 0.15) is 15.9 Å².